The number of amides is 1. The smallest absolute Gasteiger partial charge is 0.356 e. The second kappa shape index (κ2) is 13.1. The summed E-state index contributed by atoms with van der Waals surface area (Å²) in [4.78, 5) is 29.2. The van der Waals surface area contributed by atoms with Gasteiger partial charge in [0.05, 0.1) is 22.7 Å². The van der Waals surface area contributed by atoms with Crippen LogP contribution in [-0.2, 0) is 14.3 Å². The normalized spacial score (nSPS) is 18.5. The van der Waals surface area contributed by atoms with Gasteiger partial charge in [-0.05, 0) is 11.1 Å². The third-order valence-corrected chi connectivity index (χ3v) is 9.91. The number of thiocarbonyl (C=S) groups is 1. The summed E-state index contributed by atoms with van der Waals surface area (Å²) in [6, 6.07) is 17.9. The number of alkyl halides is 2. The maximum Gasteiger partial charge on any atom is 0.356 e. The van der Waals surface area contributed by atoms with Gasteiger partial charge in [-0.15, -0.1) is 28.6 Å². The Balaban J connectivity index is 1.41. The minimum Gasteiger partial charge on any atom is -0.448 e. The Morgan fingerprint density at radius 3 is 2.42 bits per heavy atom. The van der Waals surface area contributed by atoms with E-state index in [4.69, 9.17) is 17.0 Å². The van der Waals surface area contributed by atoms with Crippen molar-refractivity contribution in [3.63, 3.8) is 0 Å². The first-order valence-electron chi connectivity index (χ1n) is 12.1. The Bertz CT molecular complexity index is 1340. The fourth-order valence-corrected chi connectivity index (χ4v) is 8.06. The lowest BCUT2D eigenvalue weighted by atomic mass is 10.0. The zero-order valence-corrected chi connectivity index (χ0v) is 24.0. The van der Waals surface area contributed by atoms with E-state index in [1.807, 2.05) is 60.7 Å². The standard InChI is InChI=1S/C26H23F2N5O3S4/c27-18(28)11-19(37)30-21-24(34)33-22(17(13-38-25(21)33)39-14-40-20-12-29-32-31-20)26(35)36-23(15-7-3-1-4-8-15)16-9-5-2-6-10-16/h1-10,12,18,21,23,25H,11,13-14H2,(H,30,37)(H,29,31,32)/t21-,25-/m1/s1. The summed E-state index contributed by atoms with van der Waals surface area (Å²) in [5.74, 6) is -0.623. The number of thioether (sulfide) groups is 3. The monoisotopic (exact) mass is 619 g/mol. The van der Waals surface area contributed by atoms with Gasteiger partial charge < -0.3 is 10.1 Å². The lowest BCUT2D eigenvalue weighted by molar-refractivity contribution is -0.153. The minimum absolute atomic E-state index is 0.0842. The number of halogens is 2. The van der Waals surface area contributed by atoms with Crippen molar-refractivity contribution in [2.45, 2.75) is 35.4 Å². The molecule has 5 rings (SSSR count). The summed E-state index contributed by atoms with van der Waals surface area (Å²) in [5, 5.41) is 13.9. The highest BCUT2D eigenvalue weighted by Crippen LogP contribution is 2.45. The number of aromatic amines is 1. The number of H-pyrrole nitrogens is 1. The summed E-state index contributed by atoms with van der Waals surface area (Å²) < 4.78 is 31.8. The van der Waals surface area contributed by atoms with E-state index in [-0.39, 0.29) is 10.7 Å². The predicted octanol–water partition coefficient (Wildman–Crippen LogP) is 4.99. The van der Waals surface area contributed by atoms with Gasteiger partial charge in [-0.1, -0.05) is 84.6 Å². The van der Waals surface area contributed by atoms with Crippen molar-refractivity contribution < 1.29 is 23.1 Å². The number of esters is 1. The molecule has 1 saturated heterocycles. The number of rotatable bonds is 11. The molecule has 0 spiro atoms. The van der Waals surface area contributed by atoms with Crippen molar-refractivity contribution in [1.82, 2.24) is 25.6 Å². The fraction of sp³-hybridized carbons (Fsp3) is 0.269. The minimum atomic E-state index is -2.62. The maximum absolute atomic E-state index is 13.9. The second-order valence-electron chi connectivity index (χ2n) is 8.64. The molecule has 3 heterocycles. The molecule has 2 N–H and O–H groups in total. The molecule has 14 heteroatoms. The zero-order chi connectivity index (χ0) is 28.1. The third-order valence-electron chi connectivity index (χ3n) is 6.05. The fourth-order valence-electron chi connectivity index (χ4n) is 4.23. The molecule has 2 atom stereocenters. The summed E-state index contributed by atoms with van der Waals surface area (Å²) in [6.45, 7) is 0. The zero-order valence-electron chi connectivity index (χ0n) is 20.7. The van der Waals surface area contributed by atoms with E-state index in [0.717, 1.165) is 11.1 Å². The molecular formula is C26H23F2N5O3S4. The van der Waals surface area contributed by atoms with Crippen LogP contribution in [-0.4, -0.2) is 65.9 Å². The molecule has 0 saturated carbocycles. The Hall–Kier alpha value is -2.94. The van der Waals surface area contributed by atoms with Gasteiger partial charge in [-0.3, -0.25) is 9.69 Å². The Labute approximate surface area is 247 Å². The number of carbonyl (C=O) groups excluding carboxylic acids is 2. The van der Waals surface area contributed by atoms with Crippen molar-refractivity contribution >= 4 is 64.4 Å². The summed E-state index contributed by atoms with van der Waals surface area (Å²) in [6.07, 6.45) is -2.34. The molecule has 0 radical (unpaired) electrons. The quantitative estimate of drug-likeness (QED) is 0.100. The molecule has 1 aromatic heterocycles. The lowest BCUT2D eigenvalue weighted by Gasteiger charge is -2.50. The molecule has 40 heavy (non-hydrogen) atoms. The number of aromatic nitrogens is 3. The number of carbonyl (C=O) groups is 2. The molecule has 0 bridgehead atoms. The second-order valence-corrected chi connectivity index (χ2v) is 12.7. The molecule has 1 fully saturated rings. The van der Waals surface area contributed by atoms with E-state index in [0.29, 0.717) is 20.8 Å². The molecule has 1 amide bonds. The van der Waals surface area contributed by atoms with Crippen molar-refractivity contribution in [3.8, 4) is 0 Å². The van der Waals surface area contributed by atoms with Crippen molar-refractivity contribution in [1.29, 1.82) is 0 Å². The molecule has 208 valence electrons. The van der Waals surface area contributed by atoms with Crippen molar-refractivity contribution in [2.24, 2.45) is 0 Å². The number of hydrogen-bond acceptors (Lipinski definition) is 9. The summed E-state index contributed by atoms with van der Waals surface area (Å²) in [5.41, 5.74) is 1.73. The largest absolute Gasteiger partial charge is 0.448 e. The first-order valence-corrected chi connectivity index (χ1v) is 15.5. The molecular weight excluding hydrogens is 597 g/mol. The highest BCUT2D eigenvalue weighted by atomic mass is 32.2. The van der Waals surface area contributed by atoms with Gasteiger partial charge in [0.1, 0.15) is 22.1 Å². The number of ether oxygens (including phenoxy) is 1. The Morgan fingerprint density at radius 1 is 1.15 bits per heavy atom. The lowest BCUT2D eigenvalue weighted by Crippen LogP contribution is -2.70. The molecule has 3 aromatic rings. The number of benzene rings is 2. The van der Waals surface area contributed by atoms with Gasteiger partial charge in [-0.2, -0.15) is 10.3 Å². The van der Waals surface area contributed by atoms with E-state index in [1.165, 1.54) is 40.2 Å². The highest BCUT2D eigenvalue weighted by molar-refractivity contribution is 8.18. The SMILES string of the molecule is O=C(OC(c1ccccc1)c1ccccc1)C1=C(SCSc2cn[nH]n2)CS[C@@H]2[C@H](NC(=S)CC(F)F)C(=O)N12. The molecule has 8 nitrogen and oxygen atoms in total. The van der Waals surface area contributed by atoms with Crippen LogP contribution in [0.5, 0.6) is 0 Å². The topological polar surface area (TPSA) is 100 Å². The molecule has 2 aliphatic rings. The molecule has 2 aromatic carbocycles. The van der Waals surface area contributed by atoms with Crippen LogP contribution in [0.3, 0.4) is 0 Å². The van der Waals surface area contributed by atoms with Gasteiger partial charge in [-0.25, -0.2) is 13.6 Å². The first-order chi connectivity index (χ1) is 19.4. The van der Waals surface area contributed by atoms with E-state index < -0.39 is 42.2 Å². The van der Waals surface area contributed by atoms with Crippen LogP contribution in [0.25, 0.3) is 0 Å². The van der Waals surface area contributed by atoms with Gasteiger partial charge >= 0.3 is 5.97 Å². The first kappa shape index (κ1) is 28.6. The van der Waals surface area contributed by atoms with Gasteiger partial charge in [0, 0.05) is 10.7 Å². The third kappa shape index (κ3) is 6.51. The van der Waals surface area contributed by atoms with Crippen molar-refractivity contribution in [3.05, 3.63) is 88.6 Å². The van der Waals surface area contributed by atoms with E-state index in [1.54, 1.807) is 6.20 Å². The van der Waals surface area contributed by atoms with E-state index >= 15 is 0 Å². The molecule has 0 unspecified atom stereocenters. The summed E-state index contributed by atoms with van der Waals surface area (Å²) >= 11 is 9.32. The Morgan fingerprint density at radius 2 is 1.82 bits per heavy atom. The number of hydrogen-bond donors (Lipinski definition) is 2. The van der Waals surface area contributed by atoms with Gasteiger partial charge in [0.2, 0.25) is 6.43 Å². The van der Waals surface area contributed by atoms with Crippen LogP contribution in [0, 0.1) is 0 Å². The number of fused-ring (bicyclic) bond motifs is 1. The molecule has 2 aliphatic heterocycles. The number of nitrogens with one attached hydrogen (secondary N) is 2. The van der Waals surface area contributed by atoms with Crippen LogP contribution in [0.4, 0.5) is 8.78 Å². The van der Waals surface area contributed by atoms with E-state index in [2.05, 4.69) is 20.7 Å². The summed E-state index contributed by atoms with van der Waals surface area (Å²) in [7, 11) is 0. The van der Waals surface area contributed by atoms with Gasteiger partial charge in [0.15, 0.2) is 6.10 Å². The van der Waals surface area contributed by atoms with Crippen LogP contribution in [0.2, 0.25) is 0 Å². The average molecular weight is 620 g/mol. The Kier molecular flexibility index (Phi) is 9.40. The molecule has 0 aliphatic carbocycles. The van der Waals surface area contributed by atoms with Crippen molar-refractivity contribution in [2.75, 3.05) is 10.8 Å². The number of nitrogens with zero attached hydrogens (tertiary/aromatic N) is 3. The van der Waals surface area contributed by atoms with Gasteiger partial charge in [0.25, 0.3) is 5.91 Å². The van der Waals surface area contributed by atoms with Crippen LogP contribution < -0.4 is 5.32 Å². The van der Waals surface area contributed by atoms with Crippen LogP contribution >= 0.6 is 47.5 Å². The van der Waals surface area contributed by atoms with Crippen LogP contribution in [0.15, 0.2) is 82.5 Å². The van der Waals surface area contributed by atoms with Crippen LogP contribution in [0.1, 0.15) is 23.7 Å². The van der Waals surface area contributed by atoms with E-state index in [9.17, 15) is 18.4 Å². The number of β-lactam (4-membered cyclic amide) rings is 1. The predicted molar refractivity (Wildman–Crippen MR) is 156 cm³/mol. The highest BCUT2D eigenvalue weighted by Gasteiger charge is 2.54. The average Bonchev–Trinajstić information content (AvgIpc) is 3.48. The maximum atomic E-state index is 13.9.